The highest BCUT2D eigenvalue weighted by atomic mass is 35.5. The number of carbonyl (C=O) groups is 4. The Balaban J connectivity index is 1.49. The average Bonchev–Trinajstić information content (AvgIpc) is 3.49. The van der Waals surface area contributed by atoms with Gasteiger partial charge in [-0.05, 0) is 72.9 Å². The van der Waals surface area contributed by atoms with Crippen LogP contribution in [0, 0.1) is 0 Å². The largest absolute Gasteiger partial charge is 0.478 e. The summed E-state index contributed by atoms with van der Waals surface area (Å²) in [6.07, 6.45) is 3.21. The molecule has 1 aliphatic carbocycles. The zero-order chi connectivity index (χ0) is 34.3. The Kier molecular flexibility index (Phi) is 8.97. The van der Waals surface area contributed by atoms with Crippen molar-refractivity contribution >= 4 is 58.3 Å². The molecule has 16 heteroatoms. The molecule has 2 aromatic heterocycles. The van der Waals surface area contributed by atoms with Crippen LogP contribution in [0.3, 0.4) is 0 Å². The van der Waals surface area contributed by atoms with Gasteiger partial charge in [0.25, 0.3) is 0 Å². The van der Waals surface area contributed by atoms with Crippen molar-refractivity contribution in [2.24, 2.45) is 0 Å². The molecule has 0 spiro atoms. The number of amides is 3. The van der Waals surface area contributed by atoms with E-state index in [-0.39, 0.29) is 53.4 Å². The van der Waals surface area contributed by atoms with E-state index in [9.17, 15) is 24.3 Å². The fourth-order valence-corrected chi connectivity index (χ4v) is 5.54. The molecule has 1 saturated heterocycles. The fraction of sp³-hybridized carbons (Fsp3) is 0.516. The van der Waals surface area contributed by atoms with Crippen LogP contribution in [0.5, 0.6) is 0 Å². The maximum absolute atomic E-state index is 13.6. The number of anilines is 2. The number of rotatable bonds is 8. The number of aromatic nitrogens is 4. The Labute approximate surface area is 276 Å². The molecule has 3 heterocycles. The van der Waals surface area contributed by atoms with Gasteiger partial charge in [-0.25, -0.2) is 29.3 Å². The predicted octanol–water partition coefficient (Wildman–Crippen LogP) is 4.33. The number of imidazole rings is 1. The number of carboxylic acids is 1. The first-order chi connectivity index (χ1) is 21.9. The third-order valence-electron chi connectivity index (χ3n) is 7.47. The molecule has 2 fully saturated rings. The molecule has 0 radical (unpaired) electrons. The summed E-state index contributed by atoms with van der Waals surface area (Å²) in [5.41, 5.74) is -1.49. The van der Waals surface area contributed by atoms with Crippen LogP contribution in [0.15, 0.2) is 24.8 Å². The third-order valence-corrected chi connectivity index (χ3v) is 7.69. The van der Waals surface area contributed by atoms with E-state index >= 15 is 0 Å². The van der Waals surface area contributed by atoms with Crippen molar-refractivity contribution in [2.75, 3.05) is 23.3 Å². The maximum Gasteiger partial charge on any atom is 0.413 e. The van der Waals surface area contributed by atoms with Crippen molar-refractivity contribution in [3.8, 4) is 0 Å². The number of nitrogens with one attached hydrogen (secondary N) is 3. The van der Waals surface area contributed by atoms with Gasteiger partial charge < -0.3 is 34.7 Å². The van der Waals surface area contributed by atoms with E-state index in [2.05, 4.69) is 30.9 Å². The van der Waals surface area contributed by atoms with Crippen LogP contribution in [-0.4, -0.2) is 84.6 Å². The monoisotopic (exact) mass is 670 g/mol. The minimum absolute atomic E-state index is 0.00914. The van der Waals surface area contributed by atoms with Crippen LogP contribution < -0.4 is 20.9 Å². The van der Waals surface area contributed by atoms with Crippen LogP contribution in [0.2, 0.25) is 5.02 Å². The second-order valence-electron chi connectivity index (χ2n) is 13.8. The molecule has 1 aliphatic heterocycles. The zero-order valence-electron chi connectivity index (χ0n) is 27.1. The van der Waals surface area contributed by atoms with Crippen LogP contribution in [0.4, 0.5) is 21.1 Å². The average molecular weight is 671 g/mol. The fourth-order valence-electron chi connectivity index (χ4n) is 5.33. The van der Waals surface area contributed by atoms with Gasteiger partial charge in [0.1, 0.15) is 23.1 Å². The van der Waals surface area contributed by atoms with Crippen molar-refractivity contribution in [3.05, 3.63) is 40.9 Å². The lowest BCUT2D eigenvalue weighted by Crippen LogP contribution is -2.61. The summed E-state index contributed by atoms with van der Waals surface area (Å²) >= 11 is 6.45. The van der Waals surface area contributed by atoms with Gasteiger partial charge in [0.05, 0.1) is 25.0 Å². The minimum atomic E-state index is -1.34. The van der Waals surface area contributed by atoms with Gasteiger partial charge in [-0.3, -0.25) is 10.1 Å². The molecule has 47 heavy (non-hydrogen) atoms. The lowest BCUT2D eigenvalue weighted by atomic mass is 9.97. The number of nitrogens with zero attached hydrogens (tertiary/aromatic N) is 5. The van der Waals surface area contributed by atoms with Crippen molar-refractivity contribution in [2.45, 2.75) is 90.1 Å². The minimum Gasteiger partial charge on any atom is -0.478 e. The molecule has 0 bridgehead atoms. The standard InChI is InChI=1S/C31H39ClN8O7/c1-29(2,3)46-27(44)37-23-22-24(34-15-33-23)40(16-35-22)13-20-19(25(41)42)11-17(32)12-21(20)39-10-9-31(14-39,26(43)36-18-7-8-18)38-28(45)47-30(4,5)6/h11-12,15-16,18H,7-10,13-14H2,1-6H3,(H,36,43)(H,38,45)(H,41,42)(H,33,34,37,44). The summed E-state index contributed by atoms with van der Waals surface area (Å²) in [4.78, 5) is 66.2. The summed E-state index contributed by atoms with van der Waals surface area (Å²) in [5, 5.41) is 18.8. The van der Waals surface area contributed by atoms with Gasteiger partial charge in [-0.1, -0.05) is 11.6 Å². The highest BCUT2D eigenvalue weighted by Gasteiger charge is 2.48. The summed E-state index contributed by atoms with van der Waals surface area (Å²) in [6, 6.07) is 3.03. The summed E-state index contributed by atoms with van der Waals surface area (Å²) < 4.78 is 12.5. The van der Waals surface area contributed by atoms with Crippen LogP contribution in [-0.2, 0) is 20.8 Å². The van der Waals surface area contributed by atoms with Crippen LogP contribution in [0.25, 0.3) is 11.2 Å². The van der Waals surface area contributed by atoms with E-state index in [1.54, 1.807) is 52.2 Å². The van der Waals surface area contributed by atoms with E-state index in [0.29, 0.717) is 23.4 Å². The Morgan fingerprint density at radius 3 is 2.34 bits per heavy atom. The number of carbonyl (C=O) groups excluding carboxylic acids is 3. The highest BCUT2D eigenvalue weighted by molar-refractivity contribution is 6.31. The molecule has 3 amide bonds. The topological polar surface area (TPSA) is 190 Å². The first-order valence-electron chi connectivity index (χ1n) is 15.2. The number of carboxylic acid groups (broad SMARTS) is 1. The number of ether oxygens (including phenoxy) is 2. The van der Waals surface area contributed by atoms with Crippen LogP contribution in [0.1, 0.15) is 76.7 Å². The summed E-state index contributed by atoms with van der Waals surface area (Å²) in [5.74, 6) is -1.42. The zero-order valence-corrected chi connectivity index (χ0v) is 27.9. The number of aromatic carboxylic acids is 1. The Bertz CT molecular complexity index is 1730. The van der Waals surface area contributed by atoms with Crippen molar-refractivity contribution in [1.82, 2.24) is 30.2 Å². The number of fused-ring (bicyclic) bond motifs is 1. The molecule has 1 aromatic carbocycles. The van der Waals surface area contributed by atoms with Gasteiger partial charge in [0.2, 0.25) is 5.91 Å². The van der Waals surface area contributed by atoms with Gasteiger partial charge in [0, 0.05) is 28.9 Å². The molecule has 1 atom stereocenters. The van der Waals surface area contributed by atoms with E-state index in [1.165, 1.54) is 18.7 Å². The molecule has 2 aliphatic rings. The Morgan fingerprint density at radius 1 is 1.02 bits per heavy atom. The normalized spacial score (nSPS) is 18.1. The van der Waals surface area contributed by atoms with Gasteiger partial charge in [-0.2, -0.15) is 0 Å². The smallest absolute Gasteiger partial charge is 0.413 e. The SMILES string of the molecule is CC(C)(C)OC(=O)Nc1ncnc2c1ncn2Cc1c(C(=O)O)cc(Cl)cc1N1CCC(NC(=O)OC(C)(C)C)(C(=O)NC2CC2)C1. The summed E-state index contributed by atoms with van der Waals surface area (Å²) in [7, 11) is 0. The molecular weight excluding hydrogens is 632 g/mol. The lowest BCUT2D eigenvalue weighted by molar-refractivity contribution is -0.127. The number of halogens is 1. The number of benzene rings is 1. The summed E-state index contributed by atoms with van der Waals surface area (Å²) in [6.45, 7) is 10.7. The van der Waals surface area contributed by atoms with Crippen molar-refractivity contribution < 1.29 is 33.8 Å². The maximum atomic E-state index is 13.6. The van der Waals surface area contributed by atoms with Crippen molar-refractivity contribution in [1.29, 1.82) is 0 Å². The molecule has 15 nitrogen and oxygen atoms in total. The van der Waals surface area contributed by atoms with Gasteiger partial charge >= 0.3 is 18.2 Å². The molecule has 3 aromatic rings. The molecule has 4 N–H and O–H groups in total. The van der Waals surface area contributed by atoms with Gasteiger partial charge in [0.15, 0.2) is 17.0 Å². The number of alkyl carbamates (subject to hydrolysis) is 1. The molecule has 5 rings (SSSR count). The molecule has 1 saturated carbocycles. The van der Waals surface area contributed by atoms with E-state index < -0.39 is 34.9 Å². The first kappa shape index (κ1) is 33.7. The van der Waals surface area contributed by atoms with E-state index in [1.807, 2.05) is 4.90 Å². The third kappa shape index (κ3) is 8.02. The van der Waals surface area contributed by atoms with E-state index in [0.717, 1.165) is 12.8 Å². The molecular formula is C31H39ClN8O7. The number of hydrogen-bond acceptors (Lipinski definition) is 10. The Hall–Kier alpha value is -4.66. The second-order valence-corrected chi connectivity index (χ2v) is 14.2. The lowest BCUT2D eigenvalue weighted by Gasteiger charge is -2.32. The van der Waals surface area contributed by atoms with Crippen molar-refractivity contribution in [3.63, 3.8) is 0 Å². The van der Waals surface area contributed by atoms with Crippen LogP contribution >= 0.6 is 11.6 Å². The first-order valence-corrected chi connectivity index (χ1v) is 15.6. The highest BCUT2D eigenvalue weighted by Crippen LogP contribution is 2.36. The van der Waals surface area contributed by atoms with E-state index in [4.69, 9.17) is 21.1 Å². The quantitative estimate of drug-likeness (QED) is 0.267. The number of hydrogen-bond donors (Lipinski definition) is 4. The molecule has 1 unspecified atom stereocenters. The molecule has 252 valence electrons. The predicted molar refractivity (Wildman–Crippen MR) is 173 cm³/mol. The Morgan fingerprint density at radius 2 is 1.70 bits per heavy atom. The van der Waals surface area contributed by atoms with Gasteiger partial charge in [-0.15, -0.1) is 0 Å². The second kappa shape index (κ2) is 12.5.